The van der Waals surface area contributed by atoms with Gasteiger partial charge in [-0.3, -0.25) is 4.90 Å². The van der Waals surface area contributed by atoms with Crippen LogP contribution in [0.3, 0.4) is 0 Å². The molecular formula is C14H31N3O. The number of rotatable bonds is 7. The Labute approximate surface area is 112 Å². The zero-order chi connectivity index (χ0) is 13.5. The fraction of sp³-hybridized carbons (Fsp3) is 1.00. The van der Waals surface area contributed by atoms with Crippen molar-refractivity contribution in [3.63, 3.8) is 0 Å². The highest BCUT2D eigenvalue weighted by molar-refractivity contribution is 4.78. The third-order valence-corrected chi connectivity index (χ3v) is 3.36. The lowest BCUT2D eigenvalue weighted by atomic mass is 10.1. The highest BCUT2D eigenvalue weighted by Gasteiger charge is 2.20. The first-order chi connectivity index (χ1) is 8.51. The standard InChI is InChI=1S/C14H31N3O/c1-12(2)9-16-5-7-17(8-6-16)10-14(11-18)15-13(3)4/h12-15,18H,5-11H2,1-4H3. The van der Waals surface area contributed by atoms with Crippen LogP contribution in [-0.4, -0.2) is 72.9 Å². The van der Waals surface area contributed by atoms with Gasteiger partial charge < -0.3 is 15.3 Å². The zero-order valence-electron chi connectivity index (χ0n) is 12.5. The molecule has 0 aromatic carbocycles. The van der Waals surface area contributed by atoms with E-state index in [2.05, 4.69) is 42.8 Å². The van der Waals surface area contributed by atoms with Crippen molar-refractivity contribution >= 4 is 0 Å². The fourth-order valence-electron chi connectivity index (χ4n) is 2.62. The quantitative estimate of drug-likeness (QED) is 0.701. The molecule has 18 heavy (non-hydrogen) atoms. The predicted molar refractivity (Wildman–Crippen MR) is 76.9 cm³/mol. The van der Waals surface area contributed by atoms with Gasteiger partial charge in [0.1, 0.15) is 0 Å². The van der Waals surface area contributed by atoms with E-state index in [1.165, 1.54) is 6.54 Å². The lowest BCUT2D eigenvalue weighted by molar-refractivity contribution is 0.101. The lowest BCUT2D eigenvalue weighted by Crippen LogP contribution is -2.52. The van der Waals surface area contributed by atoms with Crippen molar-refractivity contribution in [2.75, 3.05) is 45.9 Å². The molecule has 1 unspecified atom stereocenters. The maximum atomic E-state index is 9.38. The first kappa shape index (κ1) is 15.9. The Hall–Kier alpha value is -0.160. The number of hydrogen-bond acceptors (Lipinski definition) is 4. The van der Waals surface area contributed by atoms with Gasteiger partial charge in [-0.25, -0.2) is 0 Å². The van der Waals surface area contributed by atoms with Crippen LogP contribution in [0.5, 0.6) is 0 Å². The molecule has 0 aromatic heterocycles. The molecule has 1 atom stereocenters. The molecule has 0 aliphatic carbocycles. The molecule has 1 saturated heterocycles. The van der Waals surface area contributed by atoms with Crippen LogP contribution in [0.1, 0.15) is 27.7 Å². The summed E-state index contributed by atoms with van der Waals surface area (Å²) >= 11 is 0. The highest BCUT2D eigenvalue weighted by Crippen LogP contribution is 2.06. The number of aliphatic hydroxyl groups is 1. The number of nitrogens with zero attached hydrogens (tertiary/aromatic N) is 2. The van der Waals surface area contributed by atoms with E-state index in [0.717, 1.165) is 38.6 Å². The maximum absolute atomic E-state index is 9.38. The van der Waals surface area contributed by atoms with Crippen LogP contribution in [-0.2, 0) is 0 Å². The van der Waals surface area contributed by atoms with Crippen LogP contribution < -0.4 is 5.32 Å². The smallest absolute Gasteiger partial charge is 0.0597 e. The summed E-state index contributed by atoms with van der Waals surface area (Å²) in [6.07, 6.45) is 0. The molecule has 0 bridgehead atoms. The summed E-state index contributed by atoms with van der Waals surface area (Å²) in [7, 11) is 0. The van der Waals surface area contributed by atoms with Gasteiger partial charge in [-0.1, -0.05) is 27.7 Å². The topological polar surface area (TPSA) is 38.7 Å². The second kappa shape index (κ2) is 8.10. The van der Waals surface area contributed by atoms with E-state index >= 15 is 0 Å². The molecule has 0 spiro atoms. The fourth-order valence-corrected chi connectivity index (χ4v) is 2.62. The second-order valence-corrected chi connectivity index (χ2v) is 6.20. The van der Waals surface area contributed by atoms with Crippen LogP contribution in [0.4, 0.5) is 0 Å². The first-order valence-corrected chi connectivity index (χ1v) is 7.33. The molecule has 1 heterocycles. The Bertz CT molecular complexity index is 213. The summed E-state index contributed by atoms with van der Waals surface area (Å²) in [5.74, 6) is 0.754. The SMILES string of the molecule is CC(C)CN1CCN(CC(CO)NC(C)C)CC1. The summed E-state index contributed by atoms with van der Waals surface area (Å²) in [6.45, 7) is 15.8. The molecule has 108 valence electrons. The predicted octanol–water partition coefficient (Wildman–Crippen LogP) is 0.619. The monoisotopic (exact) mass is 257 g/mol. The number of hydrogen-bond donors (Lipinski definition) is 2. The summed E-state index contributed by atoms with van der Waals surface area (Å²) in [6, 6.07) is 0.644. The molecule has 0 radical (unpaired) electrons. The number of aliphatic hydroxyl groups excluding tert-OH is 1. The minimum Gasteiger partial charge on any atom is -0.395 e. The Kier molecular flexibility index (Phi) is 7.15. The number of nitrogens with one attached hydrogen (secondary N) is 1. The van der Waals surface area contributed by atoms with Crippen molar-refractivity contribution in [1.29, 1.82) is 0 Å². The van der Waals surface area contributed by atoms with Gasteiger partial charge in [0.15, 0.2) is 0 Å². The summed E-state index contributed by atoms with van der Waals surface area (Å²) in [5, 5.41) is 12.8. The molecule has 1 aliphatic rings. The molecule has 1 fully saturated rings. The Morgan fingerprint density at radius 3 is 1.83 bits per heavy atom. The van der Waals surface area contributed by atoms with E-state index in [4.69, 9.17) is 0 Å². The Morgan fingerprint density at radius 2 is 1.44 bits per heavy atom. The van der Waals surface area contributed by atoms with E-state index in [-0.39, 0.29) is 12.6 Å². The van der Waals surface area contributed by atoms with Crippen molar-refractivity contribution in [3.8, 4) is 0 Å². The molecule has 2 N–H and O–H groups in total. The molecule has 4 nitrogen and oxygen atoms in total. The van der Waals surface area contributed by atoms with Gasteiger partial charge in [0.2, 0.25) is 0 Å². The largest absolute Gasteiger partial charge is 0.395 e. The van der Waals surface area contributed by atoms with Crippen molar-refractivity contribution in [2.24, 2.45) is 5.92 Å². The van der Waals surface area contributed by atoms with Crippen molar-refractivity contribution in [1.82, 2.24) is 15.1 Å². The van der Waals surface area contributed by atoms with Gasteiger partial charge in [0.05, 0.1) is 6.61 Å². The highest BCUT2D eigenvalue weighted by atomic mass is 16.3. The molecule has 0 aromatic rings. The molecular weight excluding hydrogens is 226 g/mol. The average molecular weight is 257 g/mol. The Balaban J connectivity index is 2.25. The van der Waals surface area contributed by atoms with E-state index < -0.39 is 0 Å². The van der Waals surface area contributed by atoms with Crippen molar-refractivity contribution in [2.45, 2.75) is 39.8 Å². The van der Waals surface area contributed by atoms with Crippen molar-refractivity contribution in [3.05, 3.63) is 0 Å². The van der Waals surface area contributed by atoms with Gasteiger partial charge in [-0.05, 0) is 5.92 Å². The molecule has 0 amide bonds. The maximum Gasteiger partial charge on any atom is 0.0597 e. The molecule has 0 saturated carbocycles. The van der Waals surface area contributed by atoms with Crippen molar-refractivity contribution < 1.29 is 5.11 Å². The third kappa shape index (κ3) is 6.14. The minimum atomic E-state index is 0.210. The molecule has 4 heteroatoms. The normalized spacial score (nSPS) is 20.8. The summed E-state index contributed by atoms with van der Waals surface area (Å²) in [4.78, 5) is 5.01. The minimum absolute atomic E-state index is 0.210. The third-order valence-electron chi connectivity index (χ3n) is 3.36. The zero-order valence-corrected chi connectivity index (χ0v) is 12.5. The first-order valence-electron chi connectivity index (χ1n) is 7.33. The van der Waals surface area contributed by atoms with Gasteiger partial charge >= 0.3 is 0 Å². The van der Waals surface area contributed by atoms with E-state index in [0.29, 0.717) is 6.04 Å². The molecule has 1 rings (SSSR count). The average Bonchev–Trinajstić information content (AvgIpc) is 2.29. The van der Waals surface area contributed by atoms with Gasteiger partial charge in [-0.15, -0.1) is 0 Å². The van der Waals surface area contributed by atoms with E-state index in [9.17, 15) is 5.11 Å². The van der Waals surface area contributed by atoms with Gasteiger partial charge in [0, 0.05) is 51.4 Å². The summed E-state index contributed by atoms with van der Waals surface area (Å²) in [5.41, 5.74) is 0. The molecule has 1 aliphatic heterocycles. The van der Waals surface area contributed by atoms with Crippen LogP contribution in [0.15, 0.2) is 0 Å². The number of piperazine rings is 1. The van der Waals surface area contributed by atoms with Gasteiger partial charge in [-0.2, -0.15) is 0 Å². The van der Waals surface area contributed by atoms with E-state index in [1.54, 1.807) is 0 Å². The Morgan fingerprint density at radius 1 is 0.944 bits per heavy atom. The van der Waals surface area contributed by atoms with Crippen LogP contribution in [0.25, 0.3) is 0 Å². The summed E-state index contributed by atoms with van der Waals surface area (Å²) < 4.78 is 0. The van der Waals surface area contributed by atoms with Crippen LogP contribution in [0, 0.1) is 5.92 Å². The second-order valence-electron chi connectivity index (χ2n) is 6.20. The van der Waals surface area contributed by atoms with Crippen LogP contribution >= 0.6 is 0 Å². The van der Waals surface area contributed by atoms with Gasteiger partial charge in [0.25, 0.3) is 0 Å². The van der Waals surface area contributed by atoms with Crippen LogP contribution in [0.2, 0.25) is 0 Å². The lowest BCUT2D eigenvalue weighted by Gasteiger charge is -2.37. The van der Waals surface area contributed by atoms with E-state index in [1.807, 2.05) is 0 Å².